The Hall–Kier alpha value is -2.74. The Morgan fingerprint density at radius 2 is 1.77 bits per heavy atom. The summed E-state index contributed by atoms with van der Waals surface area (Å²) in [5.74, 6) is -1.02. The first-order valence-corrected chi connectivity index (χ1v) is 15.1. The standard InChI is InChI=1S/C32H40ClN3O4/c1-36-27-17-16-23(33)19-25(27)29(22-12-4-2-5-13-22)34-30(32(36)39)35-31(38)26(18-21-10-8-9-11-21)28(37)20-40-24-14-6-3-7-15-24/h2,4-5,12-13,16-17,19,21,24,26,28,30,37H,3,6-11,14-15,18,20H2,1H3,(H,35,38)/t26-,28-,30?/m1/s1. The molecular formula is C32H40ClN3O4. The predicted molar refractivity (Wildman–Crippen MR) is 158 cm³/mol. The number of benzene rings is 2. The number of aliphatic hydroxyl groups is 1. The van der Waals surface area contributed by atoms with Crippen LogP contribution >= 0.6 is 11.6 Å². The van der Waals surface area contributed by atoms with E-state index in [2.05, 4.69) is 5.32 Å². The number of carbonyl (C=O) groups is 2. The molecule has 5 rings (SSSR count). The number of benzodiazepines with no additional fused rings is 1. The molecule has 2 aliphatic carbocycles. The third-order valence-corrected chi connectivity index (χ3v) is 8.88. The van der Waals surface area contributed by atoms with Crippen LogP contribution in [0.25, 0.3) is 0 Å². The number of rotatable bonds is 9. The van der Waals surface area contributed by atoms with Crippen LogP contribution in [0, 0.1) is 11.8 Å². The highest BCUT2D eigenvalue weighted by atomic mass is 35.5. The fraction of sp³-hybridized carbons (Fsp3) is 0.531. The summed E-state index contributed by atoms with van der Waals surface area (Å²) in [5, 5.41) is 14.7. The molecule has 1 heterocycles. The van der Waals surface area contributed by atoms with Gasteiger partial charge in [0.15, 0.2) is 0 Å². The van der Waals surface area contributed by atoms with Gasteiger partial charge in [-0.25, -0.2) is 4.99 Å². The van der Waals surface area contributed by atoms with E-state index in [4.69, 9.17) is 21.3 Å². The van der Waals surface area contributed by atoms with Crippen LogP contribution < -0.4 is 10.2 Å². The van der Waals surface area contributed by atoms with Gasteiger partial charge in [0, 0.05) is 23.2 Å². The highest BCUT2D eigenvalue weighted by Crippen LogP contribution is 2.33. The molecule has 2 aromatic rings. The third kappa shape index (κ3) is 6.76. The minimum absolute atomic E-state index is 0.121. The third-order valence-electron chi connectivity index (χ3n) is 8.64. The van der Waals surface area contributed by atoms with Gasteiger partial charge in [0.1, 0.15) is 0 Å². The minimum Gasteiger partial charge on any atom is -0.390 e. The number of aliphatic hydroxyl groups excluding tert-OH is 1. The van der Waals surface area contributed by atoms with Crippen molar-refractivity contribution in [1.82, 2.24) is 5.32 Å². The fourth-order valence-corrected chi connectivity index (χ4v) is 6.51. The molecule has 0 spiro atoms. The van der Waals surface area contributed by atoms with Crippen molar-refractivity contribution < 1.29 is 19.4 Å². The molecule has 1 aliphatic heterocycles. The second-order valence-corrected chi connectivity index (χ2v) is 11.9. The van der Waals surface area contributed by atoms with E-state index in [9.17, 15) is 14.7 Å². The van der Waals surface area contributed by atoms with E-state index in [1.54, 1.807) is 25.2 Å². The van der Waals surface area contributed by atoms with Crippen molar-refractivity contribution in [3.63, 3.8) is 0 Å². The molecule has 2 amide bonds. The first-order valence-electron chi connectivity index (χ1n) is 14.7. The van der Waals surface area contributed by atoms with Crippen molar-refractivity contribution in [2.45, 2.75) is 82.6 Å². The number of carbonyl (C=O) groups excluding carboxylic acids is 2. The van der Waals surface area contributed by atoms with Gasteiger partial charge in [-0.1, -0.05) is 86.9 Å². The second kappa shape index (κ2) is 13.3. The molecule has 0 radical (unpaired) electrons. The summed E-state index contributed by atoms with van der Waals surface area (Å²) < 4.78 is 6.07. The van der Waals surface area contributed by atoms with Crippen molar-refractivity contribution in [3.05, 3.63) is 64.7 Å². The number of hydrogen-bond donors (Lipinski definition) is 2. The zero-order chi connectivity index (χ0) is 28.1. The molecule has 7 nitrogen and oxygen atoms in total. The van der Waals surface area contributed by atoms with E-state index in [-0.39, 0.29) is 24.5 Å². The minimum atomic E-state index is -1.14. The van der Waals surface area contributed by atoms with Crippen LogP contribution in [0.5, 0.6) is 0 Å². The Balaban J connectivity index is 1.40. The summed E-state index contributed by atoms with van der Waals surface area (Å²) in [4.78, 5) is 33.8. The summed E-state index contributed by atoms with van der Waals surface area (Å²) in [6.45, 7) is 0.121. The number of anilines is 1. The largest absolute Gasteiger partial charge is 0.390 e. The number of aliphatic imine (C=N–C) groups is 1. The predicted octanol–water partition coefficient (Wildman–Crippen LogP) is 5.50. The van der Waals surface area contributed by atoms with Crippen LogP contribution in [-0.2, 0) is 14.3 Å². The van der Waals surface area contributed by atoms with Gasteiger partial charge in [0.25, 0.3) is 5.91 Å². The number of ether oxygens (including phenoxy) is 1. The zero-order valence-electron chi connectivity index (χ0n) is 23.2. The molecule has 2 fully saturated rings. The van der Waals surface area contributed by atoms with E-state index in [0.29, 0.717) is 28.8 Å². The topological polar surface area (TPSA) is 91.2 Å². The molecular weight excluding hydrogens is 526 g/mol. The number of amides is 2. The van der Waals surface area contributed by atoms with Crippen LogP contribution in [0.15, 0.2) is 53.5 Å². The normalized spacial score (nSPS) is 21.9. The van der Waals surface area contributed by atoms with E-state index in [0.717, 1.165) is 62.5 Å². The molecule has 2 aromatic carbocycles. The monoisotopic (exact) mass is 565 g/mol. The van der Waals surface area contributed by atoms with E-state index < -0.39 is 18.2 Å². The SMILES string of the molecule is CN1C(=O)C(NC(=O)[C@H](CC2CCCC2)[C@H](O)COC2CCCCC2)N=C(c2ccccc2)c2cc(Cl)ccc21. The average molecular weight is 566 g/mol. The van der Waals surface area contributed by atoms with Gasteiger partial charge in [0.2, 0.25) is 12.1 Å². The van der Waals surface area contributed by atoms with Crippen molar-refractivity contribution in [2.24, 2.45) is 16.8 Å². The Morgan fingerprint density at radius 1 is 1.07 bits per heavy atom. The summed E-state index contributed by atoms with van der Waals surface area (Å²) in [6, 6.07) is 14.9. The highest BCUT2D eigenvalue weighted by Gasteiger charge is 2.36. The molecule has 0 saturated heterocycles. The maximum atomic E-state index is 13.8. The number of nitrogens with one attached hydrogen (secondary N) is 1. The van der Waals surface area contributed by atoms with Gasteiger partial charge in [-0.2, -0.15) is 0 Å². The number of halogens is 1. The van der Waals surface area contributed by atoms with Crippen LogP contribution in [0.1, 0.15) is 75.3 Å². The molecule has 8 heteroatoms. The molecule has 40 heavy (non-hydrogen) atoms. The lowest BCUT2D eigenvalue weighted by molar-refractivity contribution is -0.135. The molecule has 1 unspecified atom stereocenters. The van der Waals surface area contributed by atoms with Gasteiger partial charge in [0.05, 0.1) is 36.1 Å². The second-order valence-electron chi connectivity index (χ2n) is 11.5. The van der Waals surface area contributed by atoms with E-state index >= 15 is 0 Å². The maximum Gasteiger partial charge on any atom is 0.272 e. The zero-order valence-corrected chi connectivity index (χ0v) is 24.0. The Morgan fingerprint density at radius 3 is 2.50 bits per heavy atom. The van der Waals surface area contributed by atoms with Crippen LogP contribution in [0.3, 0.4) is 0 Å². The molecule has 3 atom stereocenters. The van der Waals surface area contributed by atoms with Crippen molar-refractivity contribution in [2.75, 3.05) is 18.6 Å². The summed E-state index contributed by atoms with van der Waals surface area (Å²) in [7, 11) is 1.68. The van der Waals surface area contributed by atoms with E-state index in [1.165, 1.54) is 11.3 Å². The van der Waals surface area contributed by atoms with Gasteiger partial charge in [-0.3, -0.25) is 9.59 Å². The number of hydrogen-bond acceptors (Lipinski definition) is 5. The molecule has 0 bridgehead atoms. The number of nitrogens with zero attached hydrogens (tertiary/aromatic N) is 2. The molecule has 0 aromatic heterocycles. The van der Waals surface area contributed by atoms with Crippen molar-refractivity contribution in [1.29, 1.82) is 0 Å². The summed E-state index contributed by atoms with van der Waals surface area (Å²) in [5.41, 5.74) is 2.78. The lowest BCUT2D eigenvalue weighted by Crippen LogP contribution is -2.50. The van der Waals surface area contributed by atoms with Gasteiger partial charge >= 0.3 is 0 Å². The van der Waals surface area contributed by atoms with Gasteiger partial charge in [-0.05, 0) is 43.4 Å². The maximum absolute atomic E-state index is 13.8. The number of likely N-dealkylation sites (N-methyl/N-ethyl adjacent to an activating group) is 1. The molecule has 2 saturated carbocycles. The fourth-order valence-electron chi connectivity index (χ4n) is 6.33. The van der Waals surface area contributed by atoms with E-state index in [1.807, 2.05) is 30.3 Å². The van der Waals surface area contributed by atoms with Gasteiger partial charge < -0.3 is 20.1 Å². The molecule has 214 valence electrons. The summed E-state index contributed by atoms with van der Waals surface area (Å²) in [6.07, 6.45) is 8.51. The molecule has 2 N–H and O–H groups in total. The van der Waals surface area contributed by atoms with Crippen molar-refractivity contribution in [3.8, 4) is 0 Å². The number of fused-ring (bicyclic) bond motifs is 1. The Kier molecular flexibility index (Phi) is 9.56. The first-order chi connectivity index (χ1) is 19.4. The summed E-state index contributed by atoms with van der Waals surface area (Å²) >= 11 is 6.36. The average Bonchev–Trinajstić information content (AvgIpc) is 3.47. The smallest absolute Gasteiger partial charge is 0.272 e. The molecule has 3 aliphatic rings. The lowest BCUT2D eigenvalue weighted by Gasteiger charge is -2.29. The highest BCUT2D eigenvalue weighted by molar-refractivity contribution is 6.32. The van der Waals surface area contributed by atoms with Crippen molar-refractivity contribution >= 4 is 34.8 Å². The van der Waals surface area contributed by atoms with Gasteiger partial charge in [-0.15, -0.1) is 0 Å². The Labute approximate surface area is 242 Å². The van der Waals surface area contributed by atoms with Crippen LogP contribution in [0.4, 0.5) is 5.69 Å². The quantitative estimate of drug-likeness (QED) is 0.420. The lowest BCUT2D eigenvalue weighted by atomic mass is 9.88. The van der Waals surface area contributed by atoms with Crippen LogP contribution in [-0.4, -0.2) is 54.7 Å². The first kappa shape index (κ1) is 28.8. The Bertz CT molecular complexity index is 1210. The van der Waals surface area contributed by atoms with Crippen LogP contribution in [0.2, 0.25) is 5.02 Å².